The first kappa shape index (κ1) is 14.2. The molecule has 0 saturated carbocycles. The molecule has 1 unspecified atom stereocenters. The molecule has 0 aliphatic rings. The van der Waals surface area contributed by atoms with E-state index in [0.717, 1.165) is 26.8 Å². The molecule has 1 heterocycles. The van der Waals surface area contributed by atoms with E-state index < -0.39 is 0 Å². The van der Waals surface area contributed by atoms with Crippen molar-refractivity contribution in [3.05, 3.63) is 52.7 Å². The van der Waals surface area contributed by atoms with Crippen molar-refractivity contribution in [2.45, 2.75) is 17.9 Å². The van der Waals surface area contributed by atoms with Crippen molar-refractivity contribution < 1.29 is 0 Å². The smallest absolute Gasteiger partial charge is 0.128 e. The predicted octanol–water partition coefficient (Wildman–Crippen LogP) is 3.42. The van der Waals surface area contributed by atoms with Gasteiger partial charge in [-0.25, -0.2) is 4.98 Å². The Labute approximate surface area is 122 Å². The molecule has 0 amide bonds. The molecule has 4 N–H and O–H groups in total. The number of hydrogen-bond acceptors (Lipinski definition) is 4. The minimum Gasteiger partial charge on any atom is -0.383 e. The fourth-order valence-electron chi connectivity index (χ4n) is 1.71. The Morgan fingerprint density at radius 2 is 2.00 bits per heavy atom. The van der Waals surface area contributed by atoms with E-state index in [0.29, 0.717) is 5.82 Å². The minimum atomic E-state index is -0.131. The zero-order chi connectivity index (χ0) is 13.8. The first-order chi connectivity index (χ1) is 9.06. The minimum absolute atomic E-state index is 0.131. The molecule has 5 heteroatoms. The Bertz CT molecular complexity index is 557. The highest BCUT2D eigenvalue weighted by Gasteiger charge is 2.11. The maximum atomic E-state index is 6.18. The summed E-state index contributed by atoms with van der Waals surface area (Å²) < 4.78 is 0. The molecule has 0 radical (unpaired) electrons. The van der Waals surface area contributed by atoms with Gasteiger partial charge < -0.3 is 11.5 Å². The average molecular weight is 294 g/mol. The molecule has 0 saturated heterocycles. The molecule has 100 valence electrons. The van der Waals surface area contributed by atoms with Gasteiger partial charge in [0.15, 0.2) is 0 Å². The number of aromatic nitrogens is 1. The SMILES string of the molecule is Cc1cnc(N)c(C(N)CSc2ccc(Cl)cc2)c1. The zero-order valence-corrected chi connectivity index (χ0v) is 12.2. The Morgan fingerprint density at radius 3 is 2.68 bits per heavy atom. The Kier molecular flexibility index (Phi) is 4.69. The van der Waals surface area contributed by atoms with Crippen LogP contribution in [-0.4, -0.2) is 10.7 Å². The molecule has 0 aliphatic carbocycles. The lowest BCUT2D eigenvalue weighted by atomic mass is 10.1. The normalized spacial score (nSPS) is 12.4. The molecule has 0 spiro atoms. The summed E-state index contributed by atoms with van der Waals surface area (Å²) in [5.41, 5.74) is 14.0. The number of hydrogen-bond donors (Lipinski definition) is 2. The van der Waals surface area contributed by atoms with Crippen molar-refractivity contribution >= 4 is 29.2 Å². The van der Waals surface area contributed by atoms with Crippen LogP contribution in [0.3, 0.4) is 0 Å². The van der Waals surface area contributed by atoms with Crippen LogP contribution in [0.15, 0.2) is 41.4 Å². The molecule has 2 aromatic rings. The molecule has 1 aromatic carbocycles. The van der Waals surface area contributed by atoms with Gasteiger partial charge in [-0.1, -0.05) is 11.6 Å². The van der Waals surface area contributed by atoms with Gasteiger partial charge in [-0.2, -0.15) is 0 Å². The van der Waals surface area contributed by atoms with E-state index in [1.807, 2.05) is 37.3 Å². The van der Waals surface area contributed by atoms with Gasteiger partial charge in [-0.05, 0) is 42.8 Å². The molecule has 0 aliphatic heterocycles. The van der Waals surface area contributed by atoms with E-state index in [4.69, 9.17) is 23.1 Å². The highest BCUT2D eigenvalue weighted by Crippen LogP contribution is 2.26. The Hall–Kier alpha value is -1.23. The number of halogens is 1. The summed E-state index contributed by atoms with van der Waals surface area (Å²) in [5.74, 6) is 1.26. The molecule has 0 fully saturated rings. The molecule has 3 nitrogen and oxygen atoms in total. The van der Waals surface area contributed by atoms with Crippen molar-refractivity contribution in [1.29, 1.82) is 0 Å². The molecular formula is C14H16ClN3S. The monoisotopic (exact) mass is 293 g/mol. The molecule has 19 heavy (non-hydrogen) atoms. The summed E-state index contributed by atoms with van der Waals surface area (Å²) in [5, 5.41) is 0.737. The van der Waals surface area contributed by atoms with Crippen LogP contribution in [0.2, 0.25) is 5.02 Å². The van der Waals surface area contributed by atoms with Gasteiger partial charge in [0.25, 0.3) is 0 Å². The first-order valence-electron chi connectivity index (χ1n) is 5.92. The van der Waals surface area contributed by atoms with E-state index in [2.05, 4.69) is 4.98 Å². The number of nitrogen functional groups attached to an aromatic ring is 1. The quantitative estimate of drug-likeness (QED) is 0.848. The molecule has 2 rings (SSSR count). The van der Waals surface area contributed by atoms with Crippen LogP contribution in [0.5, 0.6) is 0 Å². The van der Waals surface area contributed by atoms with Crippen molar-refractivity contribution in [1.82, 2.24) is 4.98 Å². The summed E-state index contributed by atoms with van der Waals surface area (Å²) in [7, 11) is 0. The van der Waals surface area contributed by atoms with E-state index in [1.54, 1.807) is 18.0 Å². The number of rotatable bonds is 4. The summed E-state index contributed by atoms with van der Waals surface area (Å²) >= 11 is 7.53. The number of aryl methyl sites for hydroxylation is 1. The lowest BCUT2D eigenvalue weighted by molar-refractivity contribution is 0.826. The zero-order valence-electron chi connectivity index (χ0n) is 10.6. The van der Waals surface area contributed by atoms with Gasteiger partial charge >= 0.3 is 0 Å². The highest BCUT2D eigenvalue weighted by atomic mass is 35.5. The number of nitrogens with zero attached hydrogens (tertiary/aromatic N) is 1. The summed E-state index contributed by atoms with van der Waals surface area (Å²) in [6, 6.07) is 9.58. The van der Waals surface area contributed by atoms with Gasteiger partial charge in [-0.3, -0.25) is 0 Å². The van der Waals surface area contributed by atoms with Crippen LogP contribution in [0.4, 0.5) is 5.82 Å². The third-order valence-electron chi connectivity index (χ3n) is 2.73. The third-order valence-corrected chi connectivity index (χ3v) is 4.11. The van der Waals surface area contributed by atoms with Crippen LogP contribution in [0.1, 0.15) is 17.2 Å². The molecule has 0 bridgehead atoms. The number of benzene rings is 1. The fraction of sp³-hybridized carbons (Fsp3) is 0.214. The largest absolute Gasteiger partial charge is 0.383 e. The van der Waals surface area contributed by atoms with Crippen molar-refractivity contribution in [3.8, 4) is 0 Å². The number of pyridine rings is 1. The molecule has 1 aromatic heterocycles. The van der Waals surface area contributed by atoms with E-state index in [-0.39, 0.29) is 6.04 Å². The van der Waals surface area contributed by atoms with Crippen LogP contribution < -0.4 is 11.5 Å². The van der Waals surface area contributed by atoms with E-state index in [9.17, 15) is 0 Å². The van der Waals surface area contributed by atoms with Gasteiger partial charge in [0, 0.05) is 33.5 Å². The lowest BCUT2D eigenvalue weighted by Crippen LogP contribution is -2.16. The second-order valence-corrected chi connectivity index (χ2v) is 5.89. The van der Waals surface area contributed by atoms with Crippen molar-refractivity contribution in [2.75, 3.05) is 11.5 Å². The summed E-state index contributed by atoms with van der Waals surface area (Å²) in [6.07, 6.45) is 1.75. The van der Waals surface area contributed by atoms with Crippen LogP contribution >= 0.6 is 23.4 Å². The van der Waals surface area contributed by atoms with Crippen LogP contribution in [0.25, 0.3) is 0 Å². The van der Waals surface area contributed by atoms with Crippen LogP contribution in [0, 0.1) is 6.92 Å². The second-order valence-electron chi connectivity index (χ2n) is 4.36. The topological polar surface area (TPSA) is 64.9 Å². The predicted molar refractivity (Wildman–Crippen MR) is 82.5 cm³/mol. The van der Waals surface area contributed by atoms with Crippen molar-refractivity contribution in [3.63, 3.8) is 0 Å². The molecular weight excluding hydrogens is 278 g/mol. The van der Waals surface area contributed by atoms with Crippen molar-refractivity contribution in [2.24, 2.45) is 5.73 Å². The maximum Gasteiger partial charge on any atom is 0.128 e. The fourth-order valence-corrected chi connectivity index (χ4v) is 2.71. The lowest BCUT2D eigenvalue weighted by Gasteiger charge is -2.14. The number of nitrogens with two attached hydrogens (primary N) is 2. The van der Waals surface area contributed by atoms with Gasteiger partial charge in [0.2, 0.25) is 0 Å². The van der Waals surface area contributed by atoms with Gasteiger partial charge in [-0.15, -0.1) is 11.8 Å². The summed E-state index contributed by atoms with van der Waals surface area (Å²) in [6.45, 7) is 1.98. The molecule has 1 atom stereocenters. The summed E-state index contributed by atoms with van der Waals surface area (Å²) in [4.78, 5) is 5.28. The third kappa shape index (κ3) is 3.86. The number of anilines is 1. The second kappa shape index (κ2) is 6.28. The maximum absolute atomic E-state index is 6.18. The first-order valence-corrected chi connectivity index (χ1v) is 7.28. The highest BCUT2D eigenvalue weighted by molar-refractivity contribution is 7.99. The average Bonchev–Trinajstić information content (AvgIpc) is 2.40. The van der Waals surface area contributed by atoms with Gasteiger partial charge in [0.1, 0.15) is 5.82 Å². The van der Waals surface area contributed by atoms with Crippen LogP contribution in [-0.2, 0) is 0 Å². The Morgan fingerprint density at radius 1 is 1.32 bits per heavy atom. The number of thioether (sulfide) groups is 1. The Balaban J connectivity index is 2.03. The van der Waals surface area contributed by atoms with E-state index >= 15 is 0 Å². The standard InChI is InChI=1S/C14H16ClN3S/c1-9-6-12(14(17)18-7-9)13(16)8-19-11-4-2-10(15)3-5-11/h2-7,13H,8,16H2,1H3,(H2,17,18). The van der Waals surface area contributed by atoms with E-state index in [1.165, 1.54) is 0 Å². The van der Waals surface area contributed by atoms with Gasteiger partial charge in [0.05, 0.1) is 0 Å².